The molecule has 0 atom stereocenters. The van der Waals surface area contributed by atoms with Crippen LogP contribution in [0.25, 0.3) is 0 Å². The number of aromatic nitrogens is 2. The van der Waals surface area contributed by atoms with Crippen molar-refractivity contribution in [2.45, 2.75) is 51.5 Å². The van der Waals surface area contributed by atoms with Crippen molar-refractivity contribution < 1.29 is 14.7 Å². The van der Waals surface area contributed by atoms with Crippen LogP contribution in [0.5, 0.6) is 0 Å². The maximum absolute atomic E-state index is 12.2. The summed E-state index contributed by atoms with van der Waals surface area (Å²) in [6.45, 7) is 1.10. The summed E-state index contributed by atoms with van der Waals surface area (Å²) in [5, 5.41) is 16.2. The SMILES string of the molecule is O=C(CCn1nccc1C(=O)O)NCC12CC3CC(CC(C3)C1)C2. The summed E-state index contributed by atoms with van der Waals surface area (Å²) in [6.07, 6.45) is 9.79. The molecule has 0 radical (unpaired) electrons. The van der Waals surface area contributed by atoms with Crippen molar-refractivity contribution in [2.75, 3.05) is 6.54 Å². The Morgan fingerprint density at radius 2 is 1.83 bits per heavy atom. The molecule has 0 unspecified atom stereocenters. The lowest BCUT2D eigenvalue weighted by molar-refractivity contribution is -0.123. The minimum Gasteiger partial charge on any atom is -0.477 e. The normalized spacial score (nSPS) is 33.6. The van der Waals surface area contributed by atoms with Crippen molar-refractivity contribution in [3.05, 3.63) is 18.0 Å². The van der Waals surface area contributed by atoms with E-state index < -0.39 is 5.97 Å². The molecule has 6 nitrogen and oxygen atoms in total. The molecular formula is C18H25N3O3. The Morgan fingerprint density at radius 3 is 2.42 bits per heavy atom. The molecule has 1 aromatic rings. The van der Waals surface area contributed by atoms with Crippen molar-refractivity contribution in [2.24, 2.45) is 23.2 Å². The van der Waals surface area contributed by atoms with E-state index in [1.54, 1.807) is 0 Å². The van der Waals surface area contributed by atoms with Crippen LogP contribution in [0.3, 0.4) is 0 Å². The van der Waals surface area contributed by atoms with Gasteiger partial charge in [0.15, 0.2) is 0 Å². The highest BCUT2D eigenvalue weighted by molar-refractivity contribution is 5.85. The molecule has 1 aromatic heterocycles. The van der Waals surface area contributed by atoms with E-state index in [0.717, 1.165) is 24.3 Å². The number of aromatic carboxylic acids is 1. The lowest BCUT2D eigenvalue weighted by Crippen LogP contribution is -2.51. The van der Waals surface area contributed by atoms with Gasteiger partial charge in [-0.2, -0.15) is 5.10 Å². The molecule has 4 bridgehead atoms. The third kappa shape index (κ3) is 2.94. The summed E-state index contributed by atoms with van der Waals surface area (Å²) in [7, 11) is 0. The molecule has 1 amide bonds. The summed E-state index contributed by atoms with van der Waals surface area (Å²) in [5.41, 5.74) is 0.464. The first-order chi connectivity index (χ1) is 11.5. The van der Waals surface area contributed by atoms with E-state index in [1.165, 1.54) is 55.5 Å². The first kappa shape index (κ1) is 15.7. The van der Waals surface area contributed by atoms with Gasteiger partial charge >= 0.3 is 5.97 Å². The van der Waals surface area contributed by atoms with Crippen LogP contribution in [0.1, 0.15) is 55.4 Å². The van der Waals surface area contributed by atoms with Gasteiger partial charge in [-0.25, -0.2) is 4.79 Å². The zero-order chi connectivity index (χ0) is 16.7. The van der Waals surface area contributed by atoms with E-state index in [2.05, 4.69) is 10.4 Å². The molecule has 1 heterocycles. The smallest absolute Gasteiger partial charge is 0.354 e. The van der Waals surface area contributed by atoms with Crippen LogP contribution in [-0.4, -0.2) is 33.3 Å². The van der Waals surface area contributed by atoms with Crippen molar-refractivity contribution in [3.63, 3.8) is 0 Å². The fraction of sp³-hybridized carbons (Fsp3) is 0.722. The number of carbonyl (C=O) groups excluding carboxylic acids is 1. The number of aryl methyl sites for hydroxylation is 1. The van der Waals surface area contributed by atoms with Crippen LogP contribution < -0.4 is 5.32 Å². The van der Waals surface area contributed by atoms with Crippen LogP contribution in [0.2, 0.25) is 0 Å². The second-order valence-electron chi connectivity index (χ2n) is 8.19. The van der Waals surface area contributed by atoms with Gasteiger partial charge in [-0.05, 0) is 67.8 Å². The monoisotopic (exact) mass is 331 g/mol. The van der Waals surface area contributed by atoms with Gasteiger partial charge in [-0.3, -0.25) is 9.48 Å². The standard InChI is InChI=1S/C18H25N3O3/c22-16(2-4-21-15(17(23)24)1-3-20-21)19-11-18-8-12-5-13(9-18)7-14(6-12)10-18/h1,3,12-14H,2,4-11H2,(H,19,22)(H,23,24). The molecular weight excluding hydrogens is 306 g/mol. The first-order valence-electron chi connectivity index (χ1n) is 9.05. The fourth-order valence-corrected chi connectivity index (χ4v) is 5.78. The number of hydrogen-bond acceptors (Lipinski definition) is 3. The molecule has 130 valence electrons. The topological polar surface area (TPSA) is 84.2 Å². The molecule has 0 aliphatic heterocycles. The van der Waals surface area contributed by atoms with Crippen molar-refractivity contribution >= 4 is 11.9 Å². The van der Waals surface area contributed by atoms with E-state index in [9.17, 15) is 9.59 Å². The maximum Gasteiger partial charge on any atom is 0.354 e. The molecule has 4 aliphatic rings. The Labute approximate surface area is 141 Å². The second kappa shape index (κ2) is 5.90. The molecule has 0 aromatic carbocycles. The summed E-state index contributed by atoms with van der Waals surface area (Å²) in [4.78, 5) is 23.3. The van der Waals surface area contributed by atoms with Gasteiger partial charge in [-0.1, -0.05) is 0 Å². The number of nitrogens with zero attached hydrogens (tertiary/aromatic N) is 2. The van der Waals surface area contributed by atoms with Crippen LogP contribution in [0.15, 0.2) is 12.3 Å². The minimum absolute atomic E-state index is 0.00224. The summed E-state index contributed by atoms with van der Waals surface area (Å²) in [6, 6.07) is 1.45. The number of carboxylic acid groups (broad SMARTS) is 1. The minimum atomic E-state index is -1.01. The molecule has 0 spiro atoms. The van der Waals surface area contributed by atoms with E-state index in [1.807, 2.05) is 0 Å². The Kier molecular flexibility index (Phi) is 3.85. The molecule has 4 aliphatic carbocycles. The largest absolute Gasteiger partial charge is 0.477 e. The van der Waals surface area contributed by atoms with Crippen molar-refractivity contribution in [3.8, 4) is 0 Å². The van der Waals surface area contributed by atoms with E-state index in [-0.39, 0.29) is 18.0 Å². The second-order valence-corrected chi connectivity index (χ2v) is 8.19. The summed E-state index contributed by atoms with van der Waals surface area (Å²) in [5.74, 6) is 1.64. The fourth-order valence-electron chi connectivity index (χ4n) is 5.78. The highest BCUT2D eigenvalue weighted by Gasteiger charge is 2.50. The van der Waals surface area contributed by atoms with Gasteiger partial charge in [0.2, 0.25) is 5.91 Å². The zero-order valence-corrected chi connectivity index (χ0v) is 13.9. The third-order valence-electron chi connectivity index (χ3n) is 6.31. The molecule has 4 saturated carbocycles. The lowest BCUT2D eigenvalue weighted by Gasteiger charge is -2.56. The lowest BCUT2D eigenvalue weighted by atomic mass is 9.49. The zero-order valence-electron chi connectivity index (χ0n) is 13.9. The number of hydrogen-bond donors (Lipinski definition) is 2. The van der Waals surface area contributed by atoms with Crippen molar-refractivity contribution in [1.29, 1.82) is 0 Å². The highest BCUT2D eigenvalue weighted by Crippen LogP contribution is 2.59. The number of carboxylic acids is 1. The molecule has 4 fully saturated rings. The summed E-state index contributed by atoms with van der Waals surface area (Å²) >= 11 is 0. The quantitative estimate of drug-likeness (QED) is 0.838. The number of nitrogens with one attached hydrogen (secondary N) is 1. The molecule has 5 rings (SSSR count). The molecule has 24 heavy (non-hydrogen) atoms. The van der Waals surface area contributed by atoms with Gasteiger partial charge in [0.05, 0.1) is 6.54 Å². The summed E-state index contributed by atoms with van der Waals surface area (Å²) < 4.78 is 1.38. The van der Waals surface area contributed by atoms with Crippen LogP contribution in [0.4, 0.5) is 0 Å². The Bertz CT molecular complexity index is 616. The van der Waals surface area contributed by atoms with Gasteiger partial charge in [-0.15, -0.1) is 0 Å². The van der Waals surface area contributed by atoms with Gasteiger partial charge < -0.3 is 10.4 Å². The van der Waals surface area contributed by atoms with E-state index in [4.69, 9.17) is 5.11 Å². The average molecular weight is 331 g/mol. The number of rotatable bonds is 6. The molecule has 2 N–H and O–H groups in total. The van der Waals surface area contributed by atoms with E-state index in [0.29, 0.717) is 12.0 Å². The number of amides is 1. The van der Waals surface area contributed by atoms with E-state index >= 15 is 0 Å². The van der Waals surface area contributed by atoms with Crippen LogP contribution in [-0.2, 0) is 11.3 Å². The third-order valence-corrected chi connectivity index (χ3v) is 6.31. The average Bonchev–Trinajstić information content (AvgIpc) is 2.98. The number of carbonyl (C=O) groups is 2. The predicted molar refractivity (Wildman–Crippen MR) is 87.4 cm³/mol. The predicted octanol–water partition coefficient (Wildman–Crippen LogP) is 2.30. The Balaban J connectivity index is 1.29. The van der Waals surface area contributed by atoms with Crippen molar-refractivity contribution in [1.82, 2.24) is 15.1 Å². The van der Waals surface area contributed by atoms with Gasteiger partial charge in [0, 0.05) is 19.2 Å². The van der Waals surface area contributed by atoms with Gasteiger partial charge in [0.25, 0.3) is 0 Å². The molecule has 0 saturated heterocycles. The Morgan fingerprint density at radius 1 is 1.21 bits per heavy atom. The van der Waals surface area contributed by atoms with Gasteiger partial charge in [0.1, 0.15) is 5.69 Å². The van der Waals surface area contributed by atoms with Crippen LogP contribution in [0, 0.1) is 23.2 Å². The first-order valence-corrected chi connectivity index (χ1v) is 9.05. The maximum atomic E-state index is 12.2. The Hall–Kier alpha value is -1.85. The molecule has 6 heteroatoms. The highest BCUT2D eigenvalue weighted by atomic mass is 16.4. The van der Waals surface area contributed by atoms with Crippen LogP contribution >= 0.6 is 0 Å².